The summed E-state index contributed by atoms with van der Waals surface area (Å²) in [7, 11) is 0. The fraction of sp³-hybridized carbons (Fsp3) is 0.500. The van der Waals surface area contributed by atoms with Crippen molar-refractivity contribution in [1.29, 1.82) is 0 Å². The van der Waals surface area contributed by atoms with Gasteiger partial charge >= 0.3 is 0 Å². The van der Waals surface area contributed by atoms with Crippen LogP contribution in [0.3, 0.4) is 0 Å². The van der Waals surface area contributed by atoms with Crippen molar-refractivity contribution in [3.8, 4) is 5.75 Å². The second-order valence-corrected chi connectivity index (χ2v) is 8.97. The SMILES string of the molecule is CCn1c(SCC(=O)NC2=NCCS2)nnc1C(C)Oc1ccc(C(C)C)cc1. The Kier molecular flexibility index (Phi) is 7.60. The van der Waals surface area contributed by atoms with Crippen molar-refractivity contribution in [2.75, 3.05) is 18.1 Å². The van der Waals surface area contributed by atoms with Crippen LogP contribution in [-0.4, -0.2) is 43.9 Å². The quantitative estimate of drug-likeness (QED) is 0.637. The van der Waals surface area contributed by atoms with Crippen molar-refractivity contribution in [3.05, 3.63) is 35.7 Å². The van der Waals surface area contributed by atoms with Crippen LogP contribution in [0.4, 0.5) is 0 Å². The lowest BCUT2D eigenvalue weighted by molar-refractivity contribution is -0.117. The van der Waals surface area contributed by atoms with Gasteiger partial charge < -0.3 is 14.6 Å². The van der Waals surface area contributed by atoms with Crippen molar-refractivity contribution < 1.29 is 9.53 Å². The molecule has 0 aliphatic carbocycles. The number of carbonyl (C=O) groups is 1. The molecule has 0 saturated heterocycles. The van der Waals surface area contributed by atoms with Crippen molar-refractivity contribution in [2.45, 2.75) is 51.4 Å². The Hall–Kier alpha value is -2.00. The van der Waals surface area contributed by atoms with E-state index >= 15 is 0 Å². The number of hydrogen-bond donors (Lipinski definition) is 1. The molecule has 9 heteroatoms. The minimum absolute atomic E-state index is 0.0788. The number of carbonyl (C=O) groups excluding carboxylic acids is 1. The molecule has 156 valence electrons. The molecule has 1 unspecified atom stereocenters. The fourth-order valence-electron chi connectivity index (χ4n) is 2.89. The maximum atomic E-state index is 12.1. The van der Waals surface area contributed by atoms with Gasteiger partial charge in [0.1, 0.15) is 5.75 Å². The molecule has 0 fully saturated rings. The Labute approximate surface area is 180 Å². The van der Waals surface area contributed by atoms with Crippen molar-refractivity contribution in [1.82, 2.24) is 20.1 Å². The second-order valence-electron chi connectivity index (χ2n) is 6.94. The zero-order chi connectivity index (χ0) is 20.8. The highest BCUT2D eigenvalue weighted by Gasteiger charge is 2.20. The zero-order valence-electron chi connectivity index (χ0n) is 17.2. The van der Waals surface area contributed by atoms with Gasteiger partial charge in [-0.3, -0.25) is 9.79 Å². The van der Waals surface area contributed by atoms with E-state index in [1.807, 2.05) is 30.5 Å². The standard InChI is InChI=1S/C20H27N5O2S2/c1-5-25-18(14(4)27-16-8-6-15(7-9-16)13(2)3)23-24-20(25)29-12-17(26)22-19-21-10-11-28-19/h6-9,13-14H,5,10-12H2,1-4H3,(H,21,22,26). The van der Waals surface area contributed by atoms with Crippen LogP contribution in [0.1, 0.15) is 51.1 Å². The number of amides is 1. The molecule has 3 rings (SSSR count). The molecule has 0 saturated carbocycles. The van der Waals surface area contributed by atoms with Gasteiger partial charge in [0, 0.05) is 12.3 Å². The summed E-state index contributed by atoms with van der Waals surface area (Å²) in [6.45, 7) is 9.80. The predicted molar refractivity (Wildman–Crippen MR) is 119 cm³/mol. The molecule has 1 N–H and O–H groups in total. The van der Waals surface area contributed by atoms with Crippen LogP contribution in [0.15, 0.2) is 34.4 Å². The first kappa shape index (κ1) is 21.7. The normalized spacial score (nSPS) is 14.7. The lowest BCUT2D eigenvalue weighted by atomic mass is 10.0. The fourth-order valence-corrected chi connectivity index (χ4v) is 4.44. The molecule has 1 amide bonds. The van der Waals surface area contributed by atoms with E-state index in [0.717, 1.165) is 23.9 Å². The highest BCUT2D eigenvalue weighted by molar-refractivity contribution is 8.14. The van der Waals surface area contributed by atoms with Gasteiger partial charge in [-0.15, -0.1) is 10.2 Å². The van der Waals surface area contributed by atoms with E-state index in [1.165, 1.54) is 17.3 Å². The van der Waals surface area contributed by atoms with Crippen LogP contribution in [0.25, 0.3) is 0 Å². The largest absolute Gasteiger partial charge is 0.483 e. The molecule has 1 aromatic carbocycles. The molecule has 1 atom stereocenters. The molecule has 1 aromatic heterocycles. The Morgan fingerprint density at radius 2 is 2.03 bits per heavy atom. The van der Waals surface area contributed by atoms with Crippen LogP contribution in [0, 0.1) is 0 Å². The Morgan fingerprint density at radius 1 is 1.28 bits per heavy atom. The Balaban J connectivity index is 1.61. The second kappa shape index (κ2) is 10.2. The maximum Gasteiger partial charge on any atom is 0.236 e. The smallest absolute Gasteiger partial charge is 0.236 e. The summed E-state index contributed by atoms with van der Waals surface area (Å²) in [6.07, 6.45) is -0.250. The van der Waals surface area contributed by atoms with Gasteiger partial charge in [0.2, 0.25) is 5.91 Å². The summed E-state index contributed by atoms with van der Waals surface area (Å²) in [5.41, 5.74) is 1.28. The van der Waals surface area contributed by atoms with Crippen LogP contribution < -0.4 is 10.1 Å². The number of thioether (sulfide) groups is 2. The maximum absolute atomic E-state index is 12.1. The summed E-state index contributed by atoms with van der Waals surface area (Å²) in [5, 5.41) is 12.8. The van der Waals surface area contributed by atoms with Crippen LogP contribution in [0.5, 0.6) is 5.75 Å². The van der Waals surface area contributed by atoms with Crippen molar-refractivity contribution >= 4 is 34.6 Å². The molecule has 0 spiro atoms. The van der Waals surface area contributed by atoms with Crippen LogP contribution in [-0.2, 0) is 11.3 Å². The number of nitrogens with zero attached hydrogens (tertiary/aromatic N) is 4. The van der Waals surface area contributed by atoms with Gasteiger partial charge in [-0.05, 0) is 37.5 Å². The number of aromatic nitrogens is 3. The number of ether oxygens (including phenoxy) is 1. The van der Waals surface area contributed by atoms with E-state index in [1.54, 1.807) is 11.8 Å². The van der Waals surface area contributed by atoms with E-state index in [2.05, 4.69) is 46.5 Å². The van der Waals surface area contributed by atoms with Gasteiger partial charge in [-0.25, -0.2) is 0 Å². The first-order valence-electron chi connectivity index (χ1n) is 9.77. The minimum Gasteiger partial charge on any atom is -0.483 e. The van der Waals surface area contributed by atoms with Gasteiger partial charge in [0.05, 0.1) is 12.3 Å². The van der Waals surface area contributed by atoms with E-state index in [-0.39, 0.29) is 17.8 Å². The van der Waals surface area contributed by atoms with E-state index in [4.69, 9.17) is 4.74 Å². The Bertz CT molecular complexity index is 864. The van der Waals surface area contributed by atoms with Crippen LogP contribution in [0.2, 0.25) is 0 Å². The molecule has 2 heterocycles. The molecular formula is C20H27N5O2S2. The summed E-state index contributed by atoms with van der Waals surface area (Å²) >= 11 is 2.94. The number of benzene rings is 1. The summed E-state index contributed by atoms with van der Waals surface area (Å²) in [6, 6.07) is 8.15. The third-order valence-corrected chi connectivity index (χ3v) is 6.31. The highest BCUT2D eigenvalue weighted by atomic mass is 32.2. The molecule has 1 aliphatic heterocycles. The number of nitrogens with one attached hydrogen (secondary N) is 1. The molecule has 7 nitrogen and oxygen atoms in total. The third-order valence-electron chi connectivity index (χ3n) is 4.45. The topological polar surface area (TPSA) is 81.4 Å². The van der Waals surface area contributed by atoms with Gasteiger partial charge in [0.15, 0.2) is 22.3 Å². The molecule has 2 aromatic rings. The summed E-state index contributed by atoms with van der Waals surface area (Å²) < 4.78 is 8.07. The van der Waals surface area contributed by atoms with E-state index in [9.17, 15) is 4.79 Å². The molecule has 1 aliphatic rings. The molecule has 0 radical (unpaired) electrons. The summed E-state index contributed by atoms with van der Waals surface area (Å²) in [4.78, 5) is 16.4. The van der Waals surface area contributed by atoms with E-state index in [0.29, 0.717) is 22.8 Å². The highest BCUT2D eigenvalue weighted by Crippen LogP contribution is 2.26. The molecular weight excluding hydrogens is 406 g/mol. The summed E-state index contributed by atoms with van der Waals surface area (Å²) in [5.74, 6) is 3.15. The average molecular weight is 434 g/mol. The van der Waals surface area contributed by atoms with Crippen molar-refractivity contribution in [3.63, 3.8) is 0 Å². The first-order valence-corrected chi connectivity index (χ1v) is 11.7. The molecule has 29 heavy (non-hydrogen) atoms. The first-order chi connectivity index (χ1) is 14.0. The van der Waals surface area contributed by atoms with Crippen molar-refractivity contribution in [2.24, 2.45) is 4.99 Å². The number of amidine groups is 1. The van der Waals surface area contributed by atoms with E-state index < -0.39 is 0 Å². The minimum atomic E-state index is -0.250. The average Bonchev–Trinajstić information content (AvgIpc) is 3.36. The zero-order valence-corrected chi connectivity index (χ0v) is 18.8. The number of aliphatic imine (C=N–C) groups is 1. The molecule has 0 bridgehead atoms. The monoisotopic (exact) mass is 433 g/mol. The van der Waals surface area contributed by atoms with Gasteiger partial charge in [-0.1, -0.05) is 49.5 Å². The number of rotatable bonds is 8. The lowest BCUT2D eigenvalue weighted by Gasteiger charge is -2.16. The third kappa shape index (κ3) is 5.76. The van der Waals surface area contributed by atoms with Crippen LogP contribution >= 0.6 is 23.5 Å². The van der Waals surface area contributed by atoms with Gasteiger partial charge in [-0.2, -0.15) is 0 Å². The van der Waals surface area contributed by atoms with Gasteiger partial charge in [0.25, 0.3) is 0 Å². The lowest BCUT2D eigenvalue weighted by Crippen LogP contribution is -2.29. The predicted octanol–water partition coefficient (Wildman–Crippen LogP) is 3.87. The Morgan fingerprint density at radius 3 is 2.66 bits per heavy atom. The number of hydrogen-bond acceptors (Lipinski definition) is 7.